The second kappa shape index (κ2) is 7.21. The standard InChI is InChI=1S/C14H25NO5Si/c1-10(2)15(11(3)4)14(16)13-12(8-9-20-13)21(17-5,18-6)19-7/h8-11H,1-7H3. The van der Waals surface area contributed by atoms with E-state index >= 15 is 0 Å². The Bertz CT molecular complexity index is 451. The molecule has 1 amide bonds. The van der Waals surface area contributed by atoms with Crippen LogP contribution in [-0.2, 0) is 13.3 Å². The van der Waals surface area contributed by atoms with Gasteiger partial charge in [-0.1, -0.05) is 0 Å². The fraction of sp³-hybridized carbons (Fsp3) is 0.643. The lowest BCUT2D eigenvalue weighted by molar-refractivity contribution is 0.0609. The van der Waals surface area contributed by atoms with Crippen molar-refractivity contribution in [3.63, 3.8) is 0 Å². The Hall–Kier alpha value is -1.15. The zero-order chi connectivity index (χ0) is 16.2. The van der Waals surface area contributed by atoms with Crippen molar-refractivity contribution in [3.05, 3.63) is 18.1 Å². The molecule has 0 bridgehead atoms. The monoisotopic (exact) mass is 315 g/mol. The van der Waals surface area contributed by atoms with Crippen molar-refractivity contribution >= 4 is 19.9 Å². The minimum atomic E-state index is -3.11. The highest BCUT2D eigenvalue weighted by Crippen LogP contribution is 2.16. The first kappa shape index (κ1) is 17.9. The van der Waals surface area contributed by atoms with Crippen molar-refractivity contribution in [3.8, 4) is 0 Å². The van der Waals surface area contributed by atoms with Crippen LogP contribution in [0.15, 0.2) is 16.7 Å². The van der Waals surface area contributed by atoms with Gasteiger partial charge in [-0.2, -0.15) is 0 Å². The summed E-state index contributed by atoms with van der Waals surface area (Å²) in [6, 6.07) is 1.78. The van der Waals surface area contributed by atoms with E-state index in [2.05, 4.69) is 0 Å². The van der Waals surface area contributed by atoms with E-state index in [9.17, 15) is 4.79 Å². The number of carbonyl (C=O) groups excluding carboxylic acids is 1. The summed E-state index contributed by atoms with van der Waals surface area (Å²) in [7, 11) is 1.40. The topological polar surface area (TPSA) is 61.1 Å². The molecule has 1 aromatic heterocycles. The molecule has 1 heterocycles. The molecule has 0 atom stereocenters. The Labute approximate surface area is 127 Å². The third-order valence-corrected chi connectivity index (χ3v) is 6.01. The second-order valence-corrected chi connectivity index (χ2v) is 8.11. The minimum Gasteiger partial charge on any atom is -0.459 e. The van der Waals surface area contributed by atoms with E-state index < -0.39 is 8.80 Å². The van der Waals surface area contributed by atoms with Gasteiger partial charge < -0.3 is 22.6 Å². The second-order valence-electron chi connectivity index (χ2n) is 5.23. The lowest BCUT2D eigenvalue weighted by Gasteiger charge is -2.31. The van der Waals surface area contributed by atoms with Gasteiger partial charge in [-0.15, -0.1) is 0 Å². The van der Waals surface area contributed by atoms with Crippen LogP contribution >= 0.6 is 0 Å². The zero-order valence-corrected chi connectivity index (χ0v) is 14.8. The number of carbonyl (C=O) groups is 1. The summed E-state index contributed by atoms with van der Waals surface area (Å²) in [5.41, 5.74) is 0. The predicted molar refractivity (Wildman–Crippen MR) is 81.6 cm³/mol. The van der Waals surface area contributed by atoms with Crippen LogP contribution in [0.4, 0.5) is 0 Å². The van der Waals surface area contributed by atoms with Crippen LogP contribution in [0, 0.1) is 0 Å². The van der Waals surface area contributed by atoms with E-state index in [4.69, 9.17) is 17.7 Å². The van der Waals surface area contributed by atoms with Crippen molar-refractivity contribution in [2.45, 2.75) is 39.8 Å². The maximum absolute atomic E-state index is 12.8. The van der Waals surface area contributed by atoms with E-state index in [1.165, 1.54) is 27.6 Å². The molecule has 1 rings (SSSR count). The molecule has 0 radical (unpaired) electrons. The molecule has 0 aliphatic rings. The summed E-state index contributed by atoms with van der Waals surface area (Å²) in [5, 5.41) is 0.548. The number of hydrogen-bond acceptors (Lipinski definition) is 5. The Morgan fingerprint density at radius 1 is 1.10 bits per heavy atom. The van der Waals surface area contributed by atoms with Crippen LogP contribution in [0.2, 0.25) is 0 Å². The van der Waals surface area contributed by atoms with Gasteiger partial charge in [-0.05, 0) is 33.8 Å². The van der Waals surface area contributed by atoms with E-state index in [1.54, 1.807) is 11.0 Å². The molecule has 120 valence electrons. The van der Waals surface area contributed by atoms with Crippen molar-refractivity contribution in [1.29, 1.82) is 0 Å². The first-order valence-electron chi connectivity index (χ1n) is 6.90. The van der Waals surface area contributed by atoms with Crippen LogP contribution in [-0.4, -0.2) is 53.0 Å². The summed E-state index contributed by atoms with van der Waals surface area (Å²) in [6.07, 6.45) is 1.46. The van der Waals surface area contributed by atoms with Crippen molar-refractivity contribution < 1.29 is 22.5 Å². The third-order valence-electron chi connectivity index (χ3n) is 3.34. The lowest BCUT2D eigenvalue weighted by atomic mass is 10.2. The predicted octanol–water partition coefficient (Wildman–Crippen LogP) is 1.62. The average molecular weight is 315 g/mol. The summed E-state index contributed by atoms with van der Waals surface area (Å²) in [5.74, 6) is 0.0256. The maximum Gasteiger partial charge on any atom is 0.540 e. The summed E-state index contributed by atoms with van der Waals surface area (Å²) in [4.78, 5) is 14.5. The van der Waals surface area contributed by atoms with Crippen molar-refractivity contribution in [2.24, 2.45) is 0 Å². The molecule has 0 N–H and O–H groups in total. The van der Waals surface area contributed by atoms with E-state index in [1.807, 2.05) is 27.7 Å². The fourth-order valence-corrected chi connectivity index (χ4v) is 4.35. The molecule has 6 nitrogen and oxygen atoms in total. The van der Waals surface area contributed by atoms with Gasteiger partial charge in [0, 0.05) is 33.4 Å². The largest absolute Gasteiger partial charge is 0.540 e. The highest BCUT2D eigenvalue weighted by atomic mass is 28.4. The highest BCUT2D eigenvalue weighted by Gasteiger charge is 2.46. The van der Waals surface area contributed by atoms with Crippen LogP contribution < -0.4 is 5.19 Å². The minimum absolute atomic E-state index is 0.0548. The summed E-state index contributed by atoms with van der Waals surface area (Å²) < 4.78 is 21.7. The first-order valence-corrected chi connectivity index (χ1v) is 8.63. The van der Waals surface area contributed by atoms with Crippen LogP contribution in [0.3, 0.4) is 0 Å². The van der Waals surface area contributed by atoms with Crippen LogP contribution in [0.5, 0.6) is 0 Å². The van der Waals surface area contributed by atoms with Gasteiger partial charge in [-0.3, -0.25) is 4.79 Å². The maximum atomic E-state index is 12.8. The molecule has 0 aromatic carbocycles. The highest BCUT2D eigenvalue weighted by molar-refractivity contribution is 6.76. The molecule has 7 heteroatoms. The van der Waals surface area contributed by atoms with Gasteiger partial charge in [0.05, 0.1) is 11.4 Å². The SMILES string of the molecule is CO[Si](OC)(OC)c1ccoc1C(=O)N(C(C)C)C(C)C. The Morgan fingerprint density at radius 3 is 1.95 bits per heavy atom. The van der Waals surface area contributed by atoms with Crippen LogP contribution in [0.25, 0.3) is 0 Å². The van der Waals surface area contributed by atoms with Gasteiger partial charge in [0.25, 0.3) is 5.91 Å². The number of nitrogens with zero attached hydrogens (tertiary/aromatic N) is 1. The summed E-state index contributed by atoms with van der Waals surface area (Å²) >= 11 is 0. The molecule has 0 fully saturated rings. The Balaban J connectivity index is 3.28. The van der Waals surface area contributed by atoms with Crippen LogP contribution in [0.1, 0.15) is 38.2 Å². The molecule has 0 saturated carbocycles. The van der Waals surface area contributed by atoms with Gasteiger partial charge in [0.2, 0.25) is 0 Å². The van der Waals surface area contributed by atoms with E-state index in [0.29, 0.717) is 5.19 Å². The van der Waals surface area contributed by atoms with Gasteiger partial charge in [0.15, 0.2) is 5.76 Å². The molecule has 0 saturated heterocycles. The quantitative estimate of drug-likeness (QED) is 0.716. The average Bonchev–Trinajstić information content (AvgIpc) is 2.90. The Morgan fingerprint density at radius 2 is 1.57 bits per heavy atom. The number of amides is 1. The van der Waals surface area contributed by atoms with Crippen molar-refractivity contribution in [1.82, 2.24) is 4.90 Å². The van der Waals surface area contributed by atoms with E-state index in [0.717, 1.165) is 0 Å². The molecule has 21 heavy (non-hydrogen) atoms. The van der Waals surface area contributed by atoms with E-state index in [-0.39, 0.29) is 23.8 Å². The zero-order valence-electron chi connectivity index (χ0n) is 13.8. The van der Waals surface area contributed by atoms with Gasteiger partial charge in [0.1, 0.15) is 0 Å². The van der Waals surface area contributed by atoms with Gasteiger partial charge >= 0.3 is 8.80 Å². The first-order chi connectivity index (χ1) is 9.84. The molecule has 0 spiro atoms. The molecule has 0 aliphatic carbocycles. The molecule has 0 unspecified atom stereocenters. The normalized spacial score (nSPS) is 12.2. The lowest BCUT2D eigenvalue weighted by Crippen LogP contribution is -2.57. The third kappa shape index (κ3) is 3.37. The number of hydrogen-bond donors (Lipinski definition) is 0. The van der Waals surface area contributed by atoms with Gasteiger partial charge in [-0.25, -0.2) is 0 Å². The molecule has 1 aromatic rings. The molecule has 0 aliphatic heterocycles. The smallest absolute Gasteiger partial charge is 0.459 e. The Kier molecular flexibility index (Phi) is 6.15. The molecular formula is C14H25NO5Si. The number of rotatable bonds is 7. The van der Waals surface area contributed by atoms with Crippen molar-refractivity contribution in [2.75, 3.05) is 21.3 Å². The number of furan rings is 1. The molecular weight excluding hydrogens is 290 g/mol. The fourth-order valence-electron chi connectivity index (χ4n) is 2.48. The summed E-state index contributed by atoms with van der Waals surface area (Å²) in [6.45, 7) is 7.87.